The van der Waals surface area contributed by atoms with Crippen molar-refractivity contribution in [2.24, 2.45) is 0 Å². The van der Waals surface area contributed by atoms with Gasteiger partial charge in [0.25, 0.3) is 0 Å². The van der Waals surface area contributed by atoms with Crippen molar-refractivity contribution in [1.82, 2.24) is 5.32 Å². The molecule has 1 atom stereocenters. The van der Waals surface area contributed by atoms with Gasteiger partial charge < -0.3 is 10.2 Å². The number of anilines is 1. The average molecular weight is 245 g/mol. The van der Waals surface area contributed by atoms with E-state index in [1.54, 1.807) is 36.2 Å². The van der Waals surface area contributed by atoms with Crippen molar-refractivity contribution in [3.05, 3.63) is 29.8 Å². The maximum absolute atomic E-state index is 12.0. The van der Waals surface area contributed by atoms with Crippen molar-refractivity contribution in [3.8, 4) is 6.07 Å². The van der Waals surface area contributed by atoms with E-state index in [4.69, 9.17) is 5.26 Å². The Morgan fingerprint density at radius 2 is 2.06 bits per heavy atom. The smallest absolute Gasteiger partial charge is 0.228 e. The summed E-state index contributed by atoms with van der Waals surface area (Å²) in [6.07, 6.45) is 0.463. The third-order valence-electron chi connectivity index (χ3n) is 2.79. The van der Waals surface area contributed by atoms with Gasteiger partial charge in [0.05, 0.1) is 11.6 Å². The Morgan fingerprint density at radius 3 is 2.56 bits per heavy atom. The lowest BCUT2D eigenvalue weighted by Crippen LogP contribution is -2.34. The van der Waals surface area contributed by atoms with Crippen LogP contribution in [0.5, 0.6) is 0 Å². The Labute approximate surface area is 108 Å². The zero-order valence-corrected chi connectivity index (χ0v) is 11.1. The van der Waals surface area contributed by atoms with Crippen LogP contribution >= 0.6 is 0 Å². The molecule has 0 spiro atoms. The monoisotopic (exact) mass is 245 g/mol. The summed E-state index contributed by atoms with van der Waals surface area (Å²) in [6, 6.07) is 9.23. The van der Waals surface area contributed by atoms with Gasteiger partial charge in [0.2, 0.25) is 5.91 Å². The number of hydrogen-bond acceptors (Lipinski definition) is 3. The second-order valence-corrected chi connectivity index (χ2v) is 4.27. The van der Waals surface area contributed by atoms with E-state index < -0.39 is 0 Å². The van der Waals surface area contributed by atoms with E-state index in [-0.39, 0.29) is 11.9 Å². The first kappa shape index (κ1) is 14.2. The van der Waals surface area contributed by atoms with Crippen LogP contribution in [0, 0.1) is 11.3 Å². The maximum atomic E-state index is 12.0. The Balaban J connectivity index is 2.65. The number of rotatable bonds is 5. The summed E-state index contributed by atoms with van der Waals surface area (Å²) in [5.41, 5.74) is 1.41. The molecule has 0 saturated carbocycles. The zero-order chi connectivity index (χ0) is 13.5. The summed E-state index contributed by atoms with van der Waals surface area (Å²) in [4.78, 5) is 13.6. The number of hydrogen-bond donors (Lipinski definition) is 1. The lowest BCUT2D eigenvalue weighted by molar-refractivity contribution is -0.118. The summed E-state index contributed by atoms with van der Waals surface area (Å²) >= 11 is 0. The summed E-state index contributed by atoms with van der Waals surface area (Å²) in [5.74, 6) is 0.0631. The highest BCUT2D eigenvalue weighted by Crippen LogP contribution is 2.14. The molecule has 0 aliphatic carbocycles. The Bertz CT molecular complexity index is 433. The third-order valence-corrected chi connectivity index (χ3v) is 2.79. The molecular formula is C14H19N3O. The summed E-state index contributed by atoms with van der Waals surface area (Å²) in [5, 5.41) is 11.9. The maximum Gasteiger partial charge on any atom is 0.228 e. The van der Waals surface area contributed by atoms with Crippen LogP contribution < -0.4 is 10.2 Å². The van der Waals surface area contributed by atoms with E-state index in [0.717, 1.165) is 12.2 Å². The van der Waals surface area contributed by atoms with Crippen molar-refractivity contribution in [2.75, 3.05) is 18.5 Å². The topological polar surface area (TPSA) is 56.1 Å². The Kier molecular flexibility index (Phi) is 5.34. The van der Waals surface area contributed by atoms with Crippen LogP contribution in [0.2, 0.25) is 0 Å². The SMILES string of the molecule is CCNC(C)CC(=O)N(C)c1ccc(C#N)cc1. The van der Waals surface area contributed by atoms with Crippen LogP contribution in [-0.2, 0) is 4.79 Å². The molecule has 1 aromatic carbocycles. The van der Waals surface area contributed by atoms with E-state index in [1.165, 1.54) is 0 Å². The highest BCUT2D eigenvalue weighted by molar-refractivity contribution is 5.93. The molecule has 1 aromatic rings. The largest absolute Gasteiger partial charge is 0.315 e. The van der Waals surface area contributed by atoms with Crippen molar-refractivity contribution < 1.29 is 4.79 Å². The highest BCUT2D eigenvalue weighted by atomic mass is 16.2. The van der Waals surface area contributed by atoms with Gasteiger partial charge in [-0.1, -0.05) is 6.92 Å². The average Bonchev–Trinajstić information content (AvgIpc) is 2.38. The van der Waals surface area contributed by atoms with Crippen LogP contribution in [-0.4, -0.2) is 25.5 Å². The molecule has 1 unspecified atom stereocenters. The molecule has 1 amide bonds. The van der Waals surface area contributed by atoms with Crippen LogP contribution in [0.25, 0.3) is 0 Å². The lowest BCUT2D eigenvalue weighted by Gasteiger charge is -2.20. The number of nitrogens with one attached hydrogen (secondary N) is 1. The first-order chi connectivity index (χ1) is 8.58. The van der Waals surface area contributed by atoms with Crippen LogP contribution in [0.15, 0.2) is 24.3 Å². The van der Waals surface area contributed by atoms with E-state index >= 15 is 0 Å². The number of amides is 1. The van der Waals surface area contributed by atoms with Crippen LogP contribution in [0.3, 0.4) is 0 Å². The molecule has 96 valence electrons. The van der Waals surface area contributed by atoms with Gasteiger partial charge in [-0.3, -0.25) is 4.79 Å². The number of benzene rings is 1. The Hall–Kier alpha value is -1.86. The minimum atomic E-state index is 0.0631. The summed E-state index contributed by atoms with van der Waals surface area (Å²) in [7, 11) is 1.75. The standard InChI is InChI=1S/C14H19N3O/c1-4-16-11(2)9-14(18)17(3)13-7-5-12(10-15)6-8-13/h5-8,11,16H,4,9H2,1-3H3. The fraction of sp³-hybridized carbons (Fsp3) is 0.429. The molecule has 1 rings (SSSR count). The lowest BCUT2D eigenvalue weighted by atomic mass is 10.2. The van der Waals surface area contributed by atoms with Gasteiger partial charge in [-0.05, 0) is 37.7 Å². The molecule has 0 heterocycles. The molecule has 0 radical (unpaired) electrons. The predicted molar refractivity (Wildman–Crippen MR) is 72.3 cm³/mol. The number of carbonyl (C=O) groups excluding carboxylic acids is 1. The van der Waals surface area contributed by atoms with Gasteiger partial charge in [0.1, 0.15) is 0 Å². The van der Waals surface area contributed by atoms with Crippen molar-refractivity contribution >= 4 is 11.6 Å². The molecule has 0 aliphatic rings. The molecule has 0 saturated heterocycles. The summed E-state index contributed by atoms with van der Waals surface area (Å²) in [6.45, 7) is 4.87. The molecule has 1 N–H and O–H groups in total. The first-order valence-electron chi connectivity index (χ1n) is 6.08. The molecule has 4 nitrogen and oxygen atoms in total. The second kappa shape index (κ2) is 6.77. The highest BCUT2D eigenvalue weighted by Gasteiger charge is 2.14. The van der Waals surface area contributed by atoms with Crippen molar-refractivity contribution in [1.29, 1.82) is 5.26 Å². The fourth-order valence-corrected chi connectivity index (χ4v) is 1.72. The Morgan fingerprint density at radius 1 is 1.44 bits per heavy atom. The van der Waals surface area contributed by atoms with Gasteiger partial charge in [0, 0.05) is 25.2 Å². The molecule has 0 bridgehead atoms. The fourth-order valence-electron chi connectivity index (χ4n) is 1.72. The second-order valence-electron chi connectivity index (χ2n) is 4.27. The predicted octanol–water partition coefficient (Wildman–Crippen LogP) is 1.91. The zero-order valence-electron chi connectivity index (χ0n) is 11.1. The minimum Gasteiger partial charge on any atom is -0.315 e. The van der Waals surface area contributed by atoms with Gasteiger partial charge in [0.15, 0.2) is 0 Å². The minimum absolute atomic E-state index is 0.0631. The van der Waals surface area contributed by atoms with E-state index in [1.807, 2.05) is 13.8 Å². The van der Waals surface area contributed by atoms with E-state index in [0.29, 0.717) is 12.0 Å². The number of carbonyl (C=O) groups is 1. The van der Waals surface area contributed by atoms with E-state index in [2.05, 4.69) is 11.4 Å². The van der Waals surface area contributed by atoms with Gasteiger partial charge >= 0.3 is 0 Å². The van der Waals surface area contributed by atoms with Gasteiger partial charge in [-0.2, -0.15) is 5.26 Å². The molecular weight excluding hydrogens is 226 g/mol. The third kappa shape index (κ3) is 3.86. The first-order valence-corrected chi connectivity index (χ1v) is 6.08. The normalized spacial score (nSPS) is 11.7. The van der Waals surface area contributed by atoms with Gasteiger partial charge in [-0.25, -0.2) is 0 Å². The van der Waals surface area contributed by atoms with Crippen LogP contribution in [0.1, 0.15) is 25.8 Å². The quantitative estimate of drug-likeness (QED) is 0.862. The van der Waals surface area contributed by atoms with Crippen molar-refractivity contribution in [2.45, 2.75) is 26.3 Å². The molecule has 0 fully saturated rings. The molecule has 0 aliphatic heterocycles. The summed E-state index contributed by atoms with van der Waals surface area (Å²) < 4.78 is 0. The number of nitriles is 1. The number of nitrogens with zero attached hydrogens (tertiary/aromatic N) is 2. The van der Waals surface area contributed by atoms with Gasteiger partial charge in [-0.15, -0.1) is 0 Å². The molecule has 4 heteroatoms. The molecule has 0 aromatic heterocycles. The molecule has 18 heavy (non-hydrogen) atoms. The van der Waals surface area contributed by atoms with Crippen LogP contribution in [0.4, 0.5) is 5.69 Å². The van der Waals surface area contributed by atoms with Crippen molar-refractivity contribution in [3.63, 3.8) is 0 Å². The van der Waals surface area contributed by atoms with E-state index in [9.17, 15) is 4.79 Å².